The van der Waals surface area contributed by atoms with Crippen molar-refractivity contribution in [3.8, 4) is 0 Å². The van der Waals surface area contributed by atoms with Gasteiger partial charge in [0.2, 0.25) is 11.8 Å². The predicted molar refractivity (Wildman–Crippen MR) is 101 cm³/mol. The summed E-state index contributed by atoms with van der Waals surface area (Å²) in [6, 6.07) is 6.75. The highest BCUT2D eigenvalue weighted by molar-refractivity contribution is 6.30. The summed E-state index contributed by atoms with van der Waals surface area (Å²) >= 11 is 5.87. The number of halogens is 1. The van der Waals surface area contributed by atoms with E-state index in [1.165, 1.54) is 0 Å². The predicted octanol–water partition coefficient (Wildman–Crippen LogP) is 2.19. The first-order chi connectivity index (χ1) is 11.8. The third kappa shape index (κ3) is 6.33. The SMILES string of the molecule is CC(C)C[C@@H](NC(=O)Cc1ccc(Cl)cc1)C(=O)N1CCN(C)CC1. The highest BCUT2D eigenvalue weighted by atomic mass is 35.5. The molecule has 1 N–H and O–H groups in total. The van der Waals surface area contributed by atoms with Crippen molar-refractivity contribution in [1.82, 2.24) is 15.1 Å². The highest BCUT2D eigenvalue weighted by Crippen LogP contribution is 2.12. The molecule has 0 spiro atoms. The van der Waals surface area contributed by atoms with E-state index in [9.17, 15) is 9.59 Å². The molecule has 2 amide bonds. The molecule has 1 aliphatic heterocycles. The fraction of sp³-hybridized carbons (Fsp3) is 0.579. The molecule has 1 heterocycles. The van der Waals surface area contributed by atoms with Crippen molar-refractivity contribution in [3.05, 3.63) is 34.9 Å². The van der Waals surface area contributed by atoms with Crippen molar-refractivity contribution in [3.63, 3.8) is 0 Å². The maximum absolute atomic E-state index is 12.8. The molecule has 1 aliphatic rings. The Bertz CT molecular complexity index is 581. The van der Waals surface area contributed by atoms with Gasteiger partial charge >= 0.3 is 0 Å². The Morgan fingerprint density at radius 3 is 2.28 bits per heavy atom. The van der Waals surface area contributed by atoms with Crippen LogP contribution in [-0.2, 0) is 16.0 Å². The van der Waals surface area contributed by atoms with E-state index in [1.807, 2.05) is 17.0 Å². The lowest BCUT2D eigenvalue weighted by Crippen LogP contribution is -2.54. The van der Waals surface area contributed by atoms with Crippen LogP contribution < -0.4 is 5.32 Å². The van der Waals surface area contributed by atoms with Crippen LogP contribution in [0.15, 0.2) is 24.3 Å². The zero-order chi connectivity index (χ0) is 18.4. The van der Waals surface area contributed by atoms with Crippen LogP contribution in [0.1, 0.15) is 25.8 Å². The first kappa shape index (κ1) is 19.7. The minimum Gasteiger partial charge on any atom is -0.344 e. The van der Waals surface area contributed by atoms with Crippen molar-refractivity contribution in [2.75, 3.05) is 33.2 Å². The van der Waals surface area contributed by atoms with E-state index in [-0.39, 0.29) is 18.2 Å². The maximum Gasteiger partial charge on any atom is 0.245 e. The molecule has 0 aliphatic carbocycles. The van der Waals surface area contributed by atoms with Crippen molar-refractivity contribution in [2.24, 2.45) is 5.92 Å². The van der Waals surface area contributed by atoms with Gasteiger partial charge in [-0.2, -0.15) is 0 Å². The van der Waals surface area contributed by atoms with Crippen LogP contribution in [0.4, 0.5) is 0 Å². The molecule has 5 nitrogen and oxygen atoms in total. The van der Waals surface area contributed by atoms with E-state index in [4.69, 9.17) is 11.6 Å². The molecule has 1 aromatic rings. The molecule has 6 heteroatoms. The summed E-state index contributed by atoms with van der Waals surface area (Å²) in [5.74, 6) is 0.235. The third-order valence-corrected chi connectivity index (χ3v) is 4.69. The van der Waals surface area contributed by atoms with Gasteiger partial charge in [-0.25, -0.2) is 0 Å². The molecule has 138 valence electrons. The van der Waals surface area contributed by atoms with Crippen molar-refractivity contribution < 1.29 is 9.59 Å². The largest absolute Gasteiger partial charge is 0.344 e. The summed E-state index contributed by atoms with van der Waals surface area (Å²) in [4.78, 5) is 29.3. The van der Waals surface area contributed by atoms with Crippen molar-refractivity contribution >= 4 is 23.4 Å². The average Bonchev–Trinajstić information content (AvgIpc) is 2.56. The summed E-state index contributed by atoms with van der Waals surface area (Å²) in [6.07, 6.45) is 0.902. The summed E-state index contributed by atoms with van der Waals surface area (Å²) in [5, 5.41) is 3.59. The Balaban J connectivity index is 1.97. The van der Waals surface area contributed by atoms with Gasteiger partial charge in [0.1, 0.15) is 6.04 Å². The van der Waals surface area contributed by atoms with Crippen LogP contribution in [-0.4, -0.2) is 60.9 Å². The summed E-state index contributed by atoms with van der Waals surface area (Å²) in [5.41, 5.74) is 0.886. The Kier molecular flexibility index (Phi) is 7.26. The maximum atomic E-state index is 12.8. The van der Waals surface area contributed by atoms with E-state index in [1.54, 1.807) is 12.1 Å². The molecular formula is C19H28ClN3O2. The zero-order valence-electron chi connectivity index (χ0n) is 15.3. The monoisotopic (exact) mass is 365 g/mol. The molecular weight excluding hydrogens is 338 g/mol. The smallest absolute Gasteiger partial charge is 0.245 e. The molecule has 1 aromatic carbocycles. The molecule has 2 rings (SSSR count). The van der Waals surface area contributed by atoms with Gasteiger partial charge in [-0.05, 0) is 37.1 Å². The Morgan fingerprint density at radius 1 is 1.12 bits per heavy atom. The molecule has 1 atom stereocenters. The van der Waals surface area contributed by atoms with Gasteiger partial charge in [0.05, 0.1) is 6.42 Å². The second-order valence-corrected chi connectivity index (χ2v) is 7.62. The lowest BCUT2D eigenvalue weighted by molar-refractivity contribution is -0.138. The van der Waals surface area contributed by atoms with Gasteiger partial charge < -0.3 is 15.1 Å². The van der Waals surface area contributed by atoms with Gasteiger partial charge in [-0.3, -0.25) is 9.59 Å². The van der Waals surface area contributed by atoms with Gasteiger partial charge in [-0.1, -0.05) is 37.6 Å². The fourth-order valence-corrected chi connectivity index (χ4v) is 3.10. The Labute approximate surface area is 155 Å². The first-order valence-electron chi connectivity index (χ1n) is 8.86. The topological polar surface area (TPSA) is 52.7 Å². The quantitative estimate of drug-likeness (QED) is 0.840. The highest BCUT2D eigenvalue weighted by Gasteiger charge is 2.28. The number of piperazine rings is 1. The number of benzene rings is 1. The summed E-state index contributed by atoms with van der Waals surface area (Å²) in [7, 11) is 2.06. The minimum absolute atomic E-state index is 0.0336. The van der Waals surface area contributed by atoms with E-state index < -0.39 is 6.04 Å². The molecule has 0 radical (unpaired) electrons. The van der Waals surface area contributed by atoms with E-state index in [2.05, 4.69) is 31.1 Å². The minimum atomic E-state index is -0.455. The lowest BCUT2D eigenvalue weighted by Gasteiger charge is -2.35. The number of nitrogens with one attached hydrogen (secondary N) is 1. The summed E-state index contributed by atoms with van der Waals surface area (Å²) in [6.45, 7) is 7.32. The van der Waals surface area contributed by atoms with Crippen LogP contribution in [0.2, 0.25) is 5.02 Å². The molecule has 0 saturated carbocycles. The van der Waals surface area contributed by atoms with E-state index in [0.717, 1.165) is 31.7 Å². The zero-order valence-corrected chi connectivity index (χ0v) is 16.1. The van der Waals surface area contributed by atoms with Crippen LogP contribution in [0, 0.1) is 5.92 Å². The van der Waals surface area contributed by atoms with E-state index >= 15 is 0 Å². The van der Waals surface area contributed by atoms with Gasteiger partial charge in [0.25, 0.3) is 0 Å². The Hall–Kier alpha value is -1.59. The number of carbonyl (C=O) groups is 2. The number of nitrogens with zero attached hydrogens (tertiary/aromatic N) is 2. The second kappa shape index (κ2) is 9.20. The molecule has 0 bridgehead atoms. The standard InChI is InChI=1S/C19H28ClN3O2/c1-14(2)12-17(19(25)23-10-8-22(3)9-11-23)21-18(24)13-15-4-6-16(20)7-5-15/h4-7,14,17H,8-13H2,1-3H3,(H,21,24)/t17-/m1/s1. The third-order valence-electron chi connectivity index (χ3n) is 4.43. The average molecular weight is 366 g/mol. The van der Waals surface area contributed by atoms with Crippen LogP contribution in [0.3, 0.4) is 0 Å². The van der Waals surface area contributed by atoms with E-state index in [0.29, 0.717) is 17.4 Å². The number of carbonyl (C=O) groups excluding carboxylic acids is 2. The van der Waals surface area contributed by atoms with Crippen LogP contribution in [0.5, 0.6) is 0 Å². The molecule has 25 heavy (non-hydrogen) atoms. The normalized spacial score (nSPS) is 16.8. The number of hydrogen-bond donors (Lipinski definition) is 1. The number of amides is 2. The summed E-state index contributed by atoms with van der Waals surface area (Å²) < 4.78 is 0. The number of hydrogen-bond acceptors (Lipinski definition) is 3. The Morgan fingerprint density at radius 2 is 1.72 bits per heavy atom. The second-order valence-electron chi connectivity index (χ2n) is 7.18. The lowest BCUT2D eigenvalue weighted by atomic mass is 10.0. The van der Waals surface area contributed by atoms with Crippen molar-refractivity contribution in [1.29, 1.82) is 0 Å². The number of likely N-dealkylation sites (N-methyl/N-ethyl adjacent to an activating group) is 1. The van der Waals surface area contributed by atoms with Gasteiger partial charge in [0.15, 0.2) is 0 Å². The van der Waals surface area contributed by atoms with Crippen LogP contribution in [0.25, 0.3) is 0 Å². The van der Waals surface area contributed by atoms with Gasteiger partial charge in [-0.15, -0.1) is 0 Å². The number of rotatable bonds is 6. The van der Waals surface area contributed by atoms with Crippen LogP contribution >= 0.6 is 11.6 Å². The first-order valence-corrected chi connectivity index (χ1v) is 9.24. The molecule has 0 aromatic heterocycles. The molecule has 1 fully saturated rings. The van der Waals surface area contributed by atoms with Gasteiger partial charge in [0, 0.05) is 31.2 Å². The molecule has 1 saturated heterocycles. The van der Waals surface area contributed by atoms with Crippen molar-refractivity contribution in [2.45, 2.75) is 32.7 Å². The molecule has 0 unspecified atom stereocenters. The fourth-order valence-electron chi connectivity index (χ4n) is 2.97.